The maximum Gasteiger partial charge on any atom is 0.230 e. The molecule has 1 atom stereocenters. The molecule has 0 saturated carbocycles. The van der Waals surface area contributed by atoms with E-state index in [-0.39, 0.29) is 25.7 Å². The fraction of sp³-hybridized carbons (Fsp3) is 0.312. The van der Waals surface area contributed by atoms with Gasteiger partial charge in [-0.15, -0.1) is 0 Å². The van der Waals surface area contributed by atoms with Crippen LogP contribution in [0.25, 0.3) is 10.8 Å². The number of anilines is 1. The molecule has 1 heterocycles. The molecule has 0 spiro atoms. The van der Waals surface area contributed by atoms with Gasteiger partial charge < -0.3 is 34.7 Å². The van der Waals surface area contributed by atoms with Crippen LogP contribution in [0.4, 0.5) is 5.69 Å². The highest BCUT2D eigenvalue weighted by molar-refractivity contribution is 5.92. The minimum absolute atomic E-state index is 0.106. The normalized spacial score (nSPS) is 11.8. The number of nitrogens with one attached hydrogen (secondary N) is 2. The molecule has 3 N–H and O–H groups in total. The molecule has 3 aromatic carbocycles. The van der Waals surface area contributed by atoms with Crippen molar-refractivity contribution in [2.75, 3.05) is 52.1 Å². The van der Waals surface area contributed by atoms with E-state index in [0.29, 0.717) is 37.8 Å². The number of hydrogen-bond donors (Lipinski definition) is 3. The van der Waals surface area contributed by atoms with Crippen LogP contribution in [-0.4, -0.2) is 68.9 Å². The smallest absolute Gasteiger partial charge is 0.230 e. The van der Waals surface area contributed by atoms with E-state index in [1.54, 1.807) is 37.6 Å². The number of benzene rings is 3. The van der Waals surface area contributed by atoms with Gasteiger partial charge in [0.2, 0.25) is 5.91 Å². The number of carbonyl (C=O) groups excluding carboxylic acids is 1. The van der Waals surface area contributed by atoms with Crippen LogP contribution in [0.15, 0.2) is 85.1 Å². The van der Waals surface area contributed by atoms with Crippen LogP contribution < -0.4 is 20.1 Å². The lowest BCUT2D eigenvalue weighted by atomic mass is 10.1. The summed E-state index contributed by atoms with van der Waals surface area (Å²) in [5.41, 5.74) is 2.61. The topological polar surface area (TPSA) is 111 Å². The molecule has 1 amide bonds. The third kappa shape index (κ3) is 10.5. The van der Waals surface area contributed by atoms with E-state index in [0.717, 1.165) is 34.1 Å². The number of aromatic nitrogens is 1. The van der Waals surface area contributed by atoms with E-state index in [1.807, 2.05) is 54.6 Å². The van der Waals surface area contributed by atoms with Crippen molar-refractivity contribution < 1.29 is 28.8 Å². The number of aliphatic hydroxyl groups excluding tert-OH is 1. The molecule has 9 nitrogen and oxygen atoms in total. The molecule has 0 aliphatic heterocycles. The fourth-order valence-corrected chi connectivity index (χ4v) is 4.05. The molecule has 0 bridgehead atoms. The molecule has 9 heteroatoms. The van der Waals surface area contributed by atoms with Gasteiger partial charge in [-0.1, -0.05) is 36.4 Å². The van der Waals surface area contributed by atoms with E-state index in [1.165, 1.54) is 0 Å². The third-order valence-electron chi connectivity index (χ3n) is 6.24. The summed E-state index contributed by atoms with van der Waals surface area (Å²) in [6, 6.07) is 24.8. The molecule has 4 rings (SSSR count). The number of methoxy groups -OCH3 is 1. The van der Waals surface area contributed by atoms with Crippen molar-refractivity contribution in [2.45, 2.75) is 18.9 Å². The quantitative estimate of drug-likeness (QED) is 0.132. The molecule has 1 aromatic heterocycles. The van der Waals surface area contributed by atoms with E-state index < -0.39 is 6.10 Å². The standard InChI is InChI=1S/C32H37N3O6/c1-38-16-17-39-23-41-31-12-10-30(11-13-31)40-22-29(36)21-33-15-14-24-6-8-27(9-7-24)35-32(37)19-28-18-25-4-2-3-5-26(25)20-34-28/h2-13,18,20,29,33,36H,14-17,19,21-23H2,1H3,(H,35,37)/t29-/m0/s1. The van der Waals surface area contributed by atoms with Gasteiger partial charge in [-0.25, -0.2) is 0 Å². The summed E-state index contributed by atoms with van der Waals surface area (Å²) in [4.78, 5) is 16.9. The predicted molar refractivity (Wildman–Crippen MR) is 158 cm³/mol. The van der Waals surface area contributed by atoms with E-state index in [9.17, 15) is 9.90 Å². The molecule has 0 aliphatic rings. The van der Waals surface area contributed by atoms with E-state index in [4.69, 9.17) is 18.9 Å². The van der Waals surface area contributed by atoms with Crippen LogP contribution in [0.2, 0.25) is 0 Å². The van der Waals surface area contributed by atoms with Crippen molar-refractivity contribution in [3.05, 3.63) is 96.3 Å². The molecule has 216 valence electrons. The second-order valence-electron chi connectivity index (χ2n) is 9.50. The first-order chi connectivity index (χ1) is 20.1. The van der Waals surface area contributed by atoms with Gasteiger partial charge in [0.15, 0.2) is 6.79 Å². The van der Waals surface area contributed by atoms with Gasteiger partial charge in [0.1, 0.15) is 24.2 Å². The number of amides is 1. The predicted octanol–water partition coefficient (Wildman–Crippen LogP) is 3.99. The Bertz CT molecular complexity index is 1350. The highest BCUT2D eigenvalue weighted by Crippen LogP contribution is 2.18. The molecule has 0 fully saturated rings. The molecule has 0 radical (unpaired) electrons. The Morgan fingerprint density at radius 3 is 2.41 bits per heavy atom. The zero-order valence-corrected chi connectivity index (χ0v) is 23.3. The lowest BCUT2D eigenvalue weighted by Crippen LogP contribution is -2.32. The summed E-state index contributed by atoms with van der Waals surface area (Å²) >= 11 is 0. The van der Waals surface area contributed by atoms with Crippen molar-refractivity contribution in [2.24, 2.45) is 0 Å². The number of ether oxygens (including phenoxy) is 4. The molecular weight excluding hydrogens is 522 g/mol. The van der Waals surface area contributed by atoms with Crippen molar-refractivity contribution in [1.82, 2.24) is 10.3 Å². The summed E-state index contributed by atoms with van der Waals surface area (Å²) in [5, 5.41) is 18.6. The summed E-state index contributed by atoms with van der Waals surface area (Å²) in [5.74, 6) is 1.22. The van der Waals surface area contributed by atoms with Crippen molar-refractivity contribution in [1.29, 1.82) is 0 Å². The van der Waals surface area contributed by atoms with E-state index in [2.05, 4.69) is 15.6 Å². The van der Waals surface area contributed by atoms with Crippen LogP contribution in [-0.2, 0) is 27.1 Å². The molecule has 4 aromatic rings. The zero-order chi connectivity index (χ0) is 28.7. The van der Waals surface area contributed by atoms with Gasteiger partial charge >= 0.3 is 0 Å². The first-order valence-electron chi connectivity index (χ1n) is 13.6. The molecule has 41 heavy (non-hydrogen) atoms. The zero-order valence-electron chi connectivity index (χ0n) is 23.3. The van der Waals surface area contributed by atoms with Gasteiger partial charge in [0.05, 0.1) is 25.3 Å². The molecule has 0 aliphatic carbocycles. The third-order valence-corrected chi connectivity index (χ3v) is 6.24. The van der Waals surface area contributed by atoms with Crippen molar-refractivity contribution in [3.8, 4) is 11.5 Å². The van der Waals surface area contributed by atoms with Gasteiger partial charge in [-0.2, -0.15) is 0 Å². The van der Waals surface area contributed by atoms with Gasteiger partial charge in [-0.3, -0.25) is 9.78 Å². The van der Waals surface area contributed by atoms with Crippen molar-refractivity contribution >= 4 is 22.4 Å². The number of aliphatic hydroxyl groups is 1. The number of pyridine rings is 1. The lowest BCUT2D eigenvalue weighted by molar-refractivity contribution is -0.115. The number of carbonyl (C=O) groups is 1. The SMILES string of the molecule is COCCOCOc1ccc(OC[C@@H](O)CNCCc2ccc(NC(=O)Cc3cc4ccccc4cn3)cc2)cc1. The second kappa shape index (κ2) is 16.3. The minimum atomic E-state index is -0.644. The number of hydrogen-bond acceptors (Lipinski definition) is 8. The first-order valence-corrected chi connectivity index (χ1v) is 13.6. The Labute approximate surface area is 240 Å². The fourth-order valence-electron chi connectivity index (χ4n) is 4.05. The second-order valence-corrected chi connectivity index (χ2v) is 9.50. The van der Waals surface area contributed by atoms with Crippen LogP contribution in [0.5, 0.6) is 11.5 Å². The highest BCUT2D eigenvalue weighted by Gasteiger charge is 2.08. The van der Waals surface area contributed by atoms with Crippen LogP contribution >= 0.6 is 0 Å². The van der Waals surface area contributed by atoms with Gasteiger partial charge in [0, 0.05) is 30.9 Å². The van der Waals surface area contributed by atoms with Gasteiger partial charge in [0.25, 0.3) is 0 Å². The Balaban J connectivity index is 1.09. The van der Waals surface area contributed by atoms with E-state index >= 15 is 0 Å². The Morgan fingerprint density at radius 2 is 1.66 bits per heavy atom. The molecule has 0 saturated heterocycles. The minimum Gasteiger partial charge on any atom is -0.491 e. The Kier molecular flexibility index (Phi) is 11.9. The maximum absolute atomic E-state index is 12.5. The van der Waals surface area contributed by atoms with Crippen LogP contribution in [0, 0.1) is 0 Å². The molecular formula is C32H37N3O6. The van der Waals surface area contributed by atoms with Crippen LogP contribution in [0.1, 0.15) is 11.3 Å². The largest absolute Gasteiger partial charge is 0.491 e. The first kappa shape index (κ1) is 30.0. The summed E-state index contributed by atoms with van der Waals surface area (Å²) < 4.78 is 21.3. The number of rotatable bonds is 17. The average molecular weight is 560 g/mol. The van der Waals surface area contributed by atoms with Crippen LogP contribution in [0.3, 0.4) is 0 Å². The Hall–Kier alpha value is -4.02. The monoisotopic (exact) mass is 559 g/mol. The number of nitrogens with zero attached hydrogens (tertiary/aromatic N) is 1. The lowest BCUT2D eigenvalue weighted by Gasteiger charge is -2.14. The molecule has 0 unspecified atom stereocenters. The summed E-state index contributed by atoms with van der Waals surface area (Å²) in [7, 11) is 1.62. The average Bonchev–Trinajstić information content (AvgIpc) is 2.99. The van der Waals surface area contributed by atoms with Gasteiger partial charge in [-0.05, 0) is 66.4 Å². The Morgan fingerprint density at radius 1 is 0.927 bits per heavy atom. The maximum atomic E-state index is 12.5. The highest BCUT2D eigenvalue weighted by atomic mass is 16.7. The van der Waals surface area contributed by atoms with Crippen molar-refractivity contribution in [3.63, 3.8) is 0 Å². The summed E-state index contributed by atoms with van der Waals surface area (Å²) in [6.07, 6.45) is 2.16. The number of fused-ring (bicyclic) bond motifs is 1. The summed E-state index contributed by atoms with van der Waals surface area (Å²) in [6.45, 7) is 2.44.